The summed E-state index contributed by atoms with van der Waals surface area (Å²) >= 11 is 0. The summed E-state index contributed by atoms with van der Waals surface area (Å²) < 4.78 is 0. The topological polar surface area (TPSA) is 62.0 Å². The van der Waals surface area contributed by atoms with Gasteiger partial charge in [0, 0.05) is 35.6 Å². The highest BCUT2D eigenvalue weighted by atomic mass is 16.2. The fraction of sp³-hybridized carbons (Fsp3) is 0.200. The molecule has 7 rings (SSSR count). The van der Waals surface area contributed by atoms with E-state index < -0.39 is 5.41 Å². The van der Waals surface area contributed by atoms with Gasteiger partial charge in [0.2, 0.25) is 5.91 Å². The summed E-state index contributed by atoms with van der Waals surface area (Å²) in [6, 6.07) is 28.2. The number of nitrogens with one attached hydrogen (secondary N) is 2. The molecule has 0 aliphatic heterocycles. The zero-order valence-electron chi connectivity index (χ0n) is 19.0. The van der Waals surface area contributed by atoms with E-state index in [1.54, 1.807) is 6.20 Å². The number of H-pyrrole nitrogens is 1. The van der Waals surface area contributed by atoms with Gasteiger partial charge in [0.15, 0.2) is 5.78 Å². The molecule has 3 aromatic carbocycles. The largest absolute Gasteiger partial charge is 0.348 e. The van der Waals surface area contributed by atoms with Crippen LogP contribution in [0.15, 0.2) is 91.1 Å². The fourth-order valence-electron chi connectivity index (χ4n) is 6.01. The van der Waals surface area contributed by atoms with Gasteiger partial charge in [0.1, 0.15) is 5.82 Å². The number of amides is 1. The second kappa shape index (κ2) is 7.84. The molecule has 34 heavy (non-hydrogen) atoms. The van der Waals surface area contributed by atoms with Gasteiger partial charge in [-0.3, -0.25) is 9.59 Å². The maximum Gasteiger partial charge on any atom is 0.232 e. The Morgan fingerprint density at radius 2 is 1.44 bits per heavy atom. The van der Waals surface area contributed by atoms with Crippen molar-refractivity contribution in [3.63, 3.8) is 0 Å². The van der Waals surface area contributed by atoms with Crippen LogP contribution in [0.4, 0.5) is 5.82 Å². The van der Waals surface area contributed by atoms with E-state index in [2.05, 4.69) is 65.8 Å². The van der Waals surface area contributed by atoms with Gasteiger partial charge < -0.3 is 10.3 Å². The Morgan fingerprint density at radius 1 is 0.853 bits per heavy atom. The average Bonchev–Trinajstić information content (AvgIpc) is 3.31. The highest BCUT2D eigenvalue weighted by molar-refractivity contribution is 6.00. The van der Waals surface area contributed by atoms with Crippen LogP contribution >= 0.6 is 0 Å². The molecule has 2 bridgehead atoms. The molecule has 1 unspecified atom stereocenters. The highest BCUT2D eigenvalue weighted by Crippen LogP contribution is 2.61. The number of aromatic amines is 1. The Labute approximate surface area is 199 Å². The van der Waals surface area contributed by atoms with Crippen molar-refractivity contribution in [2.45, 2.75) is 31.6 Å². The zero-order chi connectivity index (χ0) is 23.3. The molecule has 4 nitrogen and oxygen atoms in total. The van der Waals surface area contributed by atoms with E-state index in [1.165, 1.54) is 22.3 Å². The lowest BCUT2D eigenvalue weighted by Gasteiger charge is -2.50. The zero-order valence-corrected chi connectivity index (χ0v) is 19.0. The van der Waals surface area contributed by atoms with Crippen molar-refractivity contribution in [1.29, 1.82) is 0 Å². The number of hydrogen-bond acceptors (Lipinski definition) is 2. The first-order valence-corrected chi connectivity index (χ1v) is 11.8. The number of fused-ring (bicyclic) bond motifs is 1. The normalized spacial score (nSPS) is 22.0. The van der Waals surface area contributed by atoms with Gasteiger partial charge in [0.05, 0.1) is 5.41 Å². The summed E-state index contributed by atoms with van der Waals surface area (Å²) in [6.07, 6.45) is 2.78. The molecule has 0 spiro atoms. The Morgan fingerprint density at radius 3 is 2.09 bits per heavy atom. The molecular formula is C30H26N2O2. The number of carbonyl (C=O) groups excluding carboxylic acids is 2. The molecular weight excluding hydrogens is 420 g/mol. The van der Waals surface area contributed by atoms with Gasteiger partial charge in [-0.25, -0.2) is 0 Å². The predicted octanol–water partition coefficient (Wildman–Crippen LogP) is 6.07. The number of ketones is 1. The van der Waals surface area contributed by atoms with Crippen LogP contribution < -0.4 is 5.32 Å². The Kier molecular flexibility index (Phi) is 4.77. The molecule has 3 aliphatic carbocycles. The third-order valence-electron chi connectivity index (χ3n) is 7.67. The van der Waals surface area contributed by atoms with Crippen LogP contribution in [0, 0.1) is 5.41 Å². The van der Waals surface area contributed by atoms with Crippen molar-refractivity contribution in [3.8, 4) is 0 Å². The molecule has 4 heteroatoms. The molecule has 2 N–H and O–H groups in total. The van der Waals surface area contributed by atoms with Crippen LogP contribution in [0.2, 0.25) is 0 Å². The van der Waals surface area contributed by atoms with Crippen LogP contribution in [-0.2, 0) is 11.2 Å². The van der Waals surface area contributed by atoms with E-state index in [1.807, 2.05) is 36.4 Å². The lowest BCUT2D eigenvalue weighted by molar-refractivity contribution is -0.126. The molecule has 0 saturated heterocycles. The minimum atomic E-state index is -0.598. The molecule has 1 aromatic heterocycles. The van der Waals surface area contributed by atoms with Gasteiger partial charge in [-0.05, 0) is 41.7 Å². The Bertz CT molecular complexity index is 1360. The van der Waals surface area contributed by atoms with Gasteiger partial charge >= 0.3 is 0 Å². The molecule has 0 radical (unpaired) electrons. The molecule has 3 aliphatic rings. The van der Waals surface area contributed by atoms with Crippen LogP contribution in [0.5, 0.6) is 0 Å². The maximum absolute atomic E-state index is 13.9. The van der Waals surface area contributed by atoms with Crippen molar-refractivity contribution < 1.29 is 9.59 Å². The van der Waals surface area contributed by atoms with Crippen LogP contribution in [-0.4, -0.2) is 16.7 Å². The molecule has 4 aromatic rings. The van der Waals surface area contributed by atoms with Crippen LogP contribution in [0.1, 0.15) is 63.4 Å². The predicted molar refractivity (Wildman–Crippen MR) is 133 cm³/mol. The van der Waals surface area contributed by atoms with Crippen molar-refractivity contribution >= 4 is 17.5 Å². The smallest absolute Gasteiger partial charge is 0.232 e. The summed E-state index contributed by atoms with van der Waals surface area (Å²) in [5.41, 5.74) is 6.05. The first-order valence-electron chi connectivity index (χ1n) is 11.8. The van der Waals surface area contributed by atoms with E-state index in [4.69, 9.17) is 0 Å². The lowest BCUT2D eigenvalue weighted by Crippen LogP contribution is -2.47. The molecule has 0 saturated carbocycles. The number of carbonyl (C=O) groups is 2. The van der Waals surface area contributed by atoms with E-state index >= 15 is 0 Å². The highest BCUT2D eigenvalue weighted by Gasteiger charge is 2.53. The fourth-order valence-corrected chi connectivity index (χ4v) is 6.01. The van der Waals surface area contributed by atoms with Gasteiger partial charge in [-0.1, -0.05) is 78.9 Å². The van der Waals surface area contributed by atoms with Gasteiger partial charge in [0.25, 0.3) is 0 Å². The summed E-state index contributed by atoms with van der Waals surface area (Å²) in [6.45, 7) is 2.09. The molecule has 1 heterocycles. The molecule has 0 fully saturated rings. The second-order valence-electron chi connectivity index (χ2n) is 9.66. The summed E-state index contributed by atoms with van der Waals surface area (Å²) in [5.74, 6) is 0.826. The van der Waals surface area contributed by atoms with Gasteiger partial charge in [-0.15, -0.1) is 0 Å². The van der Waals surface area contributed by atoms with Crippen molar-refractivity contribution in [2.24, 2.45) is 5.41 Å². The third-order valence-corrected chi connectivity index (χ3v) is 7.67. The first kappa shape index (κ1) is 20.7. The SMILES string of the molecule is CC1(C(=O)Nc2[nH]ccc2CC(=O)c2ccccc2)CC2c3ccccc3C1c1ccccc12. The quantitative estimate of drug-likeness (QED) is 0.366. The minimum Gasteiger partial charge on any atom is -0.348 e. The lowest BCUT2D eigenvalue weighted by atomic mass is 9.52. The van der Waals surface area contributed by atoms with E-state index in [9.17, 15) is 9.59 Å². The number of Topliss-reactive ketones (excluding diaryl/α,β-unsaturated/α-hetero) is 1. The number of anilines is 1. The average molecular weight is 447 g/mol. The van der Waals surface area contributed by atoms with E-state index in [-0.39, 0.29) is 29.9 Å². The summed E-state index contributed by atoms with van der Waals surface area (Å²) in [4.78, 5) is 29.8. The molecule has 1 amide bonds. The van der Waals surface area contributed by atoms with Gasteiger partial charge in [-0.2, -0.15) is 0 Å². The Hall–Kier alpha value is -3.92. The Balaban J connectivity index is 1.31. The summed E-state index contributed by atoms with van der Waals surface area (Å²) in [5, 5.41) is 3.16. The third kappa shape index (κ3) is 3.13. The van der Waals surface area contributed by atoms with Crippen LogP contribution in [0.3, 0.4) is 0 Å². The van der Waals surface area contributed by atoms with Crippen LogP contribution in [0.25, 0.3) is 0 Å². The number of rotatable bonds is 5. The second-order valence-corrected chi connectivity index (χ2v) is 9.66. The minimum absolute atomic E-state index is 0.00531. The standard InChI is InChI=1S/C30H26N2O2/c1-30(18-25-21-11-5-7-13-23(21)27(30)24-14-8-6-12-22(24)25)29(34)32-28-20(15-16-31-28)17-26(33)19-9-3-2-4-10-19/h2-16,25,27,31H,17-18H2,1H3,(H,32,34). The monoisotopic (exact) mass is 446 g/mol. The molecule has 1 atom stereocenters. The van der Waals surface area contributed by atoms with E-state index in [0.29, 0.717) is 11.4 Å². The maximum atomic E-state index is 13.9. The summed E-state index contributed by atoms with van der Waals surface area (Å²) in [7, 11) is 0. The van der Waals surface area contributed by atoms with E-state index in [0.717, 1.165) is 12.0 Å². The molecule has 168 valence electrons. The number of benzene rings is 3. The first-order chi connectivity index (χ1) is 16.6. The number of hydrogen-bond donors (Lipinski definition) is 2. The number of aromatic nitrogens is 1. The van der Waals surface area contributed by atoms with Crippen molar-refractivity contribution in [1.82, 2.24) is 4.98 Å². The van der Waals surface area contributed by atoms with Crippen molar-refractivity contribution in [2.75, 3.05) is 5.32 Å². The van der Waals surface area contributed by atoms with Crippen molar-refractivity contribution in [3.05, 3.63) is 125 Å².